The first-order valence-electron chi connectivity index (χ1n) is 9.99. The lowest BCUT2D eigenvalue weighted by molar-refractivity contribution is -0.173. The lowest BCUT2D eigenvalue weighted by atomic mass is 10.0. The fraction of sp³-hybridized carbons (Fsp3) is 0.667. The molecule has 3 aliphatic rings. The zero-order valence-electron chi connectivity index (χ0n) is 16.4. The lowest BCUT2D eigenvalue weighted by Gasteiger charge is -2.32. The van der Waals surface area contributed by atoms with Gasteiger partial charge in [0.1, 0.15) is 12.4 Å². The molecule has 9 nitrogen and oxygen atoms in total. The summed E-state index contributed by atoms with van der Waals surface area (Å²) in [6, 6.07) is -1.57. The Morgan fingerprint density at radius 1 is 1.33 bits per heavy atom. The molecule has 0 spiro atoms. The van der Waals surface area contributed by atoms with Crippen molar-refractivity contribution in [3.63, 3.8) is 0 Å². The van der Waals surface area contributed by atoms with E-state index in [0.717, 1.165) is 9.58 Å². The number of aromatic nitrogens is 2. The monoisotopic (exact) mass is 428 g/mol. The molecule has 4 amide bonds. The van der Waals surface area contributed by atoms with Crippen LogP contribution < -0.4 is 10.6 Å². The highest BCUT2D eigenvalue weighted by Crippen LogP contribution is 2.42. The number of carbonyl (C=O) groups excluding carboxylic acids is 3. The molecule has 3 aliphatic heterocycles. The topological polar surface area (TPSA) is 99.6 Å². The second kappa shape index (κ2) is 7.47. The molecule has 1 aromatic heterocycles. The van der Waals surface area contributed by atoms with E-state index in [2.05, 4.69) is 15.7 Å². The van der Waals surface area contributed by atoms with Crippen LogP contribution in [-0.2, 0) is 9.59 Å². The predicted octanol–water partition coefficient (Wildman–Crippen LogP) is 1.80. The fourth-order valence-corrected chi connectivity index (χ4v) is 4.31. The SMILES string of the molecule is CC[C@@H]1C[C@H](C(F)(F)F)n2nc(C3CCCN3C(=O)CN3C(=O)CNC3=O)cc2N1. The number of likely N-dealkylation sites (tertiary alicyclic amines) is 1. The maximum atomic E-state index is 13.6. The second-order valence-corrected chi connectivity index (χ2v) is 7.83. The summed E-state index contributed by atoms with van der Waals surface area (Å²) in [5.41, 5.74) is 0.381. The van der Waals surface area contributed by atoms with Gasteiger partial charge in [0.2, 0.25) is 5.91 Å². The Bertz CT molecular complexity index is 854. The molecule has 1 unspecified atom stereocenters. The van der Waals surface area contributed by atoms with Crippen molar-refractivity contribution < 1.29 is 27.6 Å². The van der Waals surface area contributed by atoms with Gasteiger partial charge >= 0.3 is 12.2 Å². The quantitative estimate of drug-likeness (QED) is 0.713. The number of hydrogen-bond acceptors (Lipinski definition) is 5. The van der Waals surface area contributed by atoms with Gasteiger partial charge in [-0.05, 0) is 25.7 Å². The van der Waals surface area contributed by atoms with Crippen LogP contribution >= 0.6 is 0 Å². The predicted molar refractivity (Wildman–Crippen MR) is 98.4 cm³/mol. The van der Waals surface area contributed by atoms with Crippen molar-refractivity contribution in [2.45, 2.75) is 56.9 Å². The number of nitrogens with one attached hydrogen (secondary N) is 2. The summed E-state index contributed by atoms with van der Waals surface area (Å²) in [6.07, 6.45) is -2.77. The van der Waals surface area contributed by atoms with E-state index >= 15 is 0 Å². The summed E-state index contributed by atoms with van der Waals surface area (Å²) in [5.74, 6) is -0.621. The highest BCUT2D eigenvalue weighted by atomic mass is 19.4. The molecule has 0 saturated carbocycles. The standard InChI is InChI=1S/C18H23F3N6O3/c1-2-10-6-13(18(19,20)21)27-14(23-10)7-11(24-27)12-4-3-5-25(12)16(29)9-26-15(28)8-22-17(26)30/h7,10,12-13,23H,2-6,8-9H2,1H3,(H,22,30)/t10-,12?,13-/m1/s1. The Hall–Kier alpha value is -2.79. The second-order valence-electron chi connectivity index (χ2n) is 7.83. The third-order valence-corrected chi connectivity index (χ3v) is 5.93. The van der Waals surface area contributed by atoms with Gasteiger partial charge in [0, 0.05) is 18.7 Å². The van der Waals surface area contributed by atoms with Crippen LogP contribution in [0.25, 0.3) is 0 Å². The van der Waals surface area contributed by atoms with Crippen molar-refractivity contribution >= 4 is 23.7 Å². The number of rotatable bonds is 4. The van der Waals surface area contributed by atoms with Gasteiger partial charge in [0.05, 0.1) is 18.3 Å². The molecule has 1 aromatic rings. The van der Waals surface area contributed by atoms with Crippen molar-refractivity contribution in [1.82, 2.24) is 24.9 Å². The van der Waals surface area contributed by atoms with E-state index in [-0.39, 0.29) is 19.0 Å². The number of nitrogens with zero attached hydrogens (tertiary/aromatic N) is 4. The average Bonchev–Trinajstić information content (AvgIpc) is 3.40. The minimum Gasteiger partial charge on any atom is -0.367 e. The first-order valence-corrected chi connectivity index (χ1v) is 9.99. The van der Waals surface area contributed by atoms with E-state index in [1.54, 1.807) is 6.07 Å². The Morgan fingerprint density at radius 2 is 2.10 bits per heavy atom. The van der Waals surface area contributed by atoms with E-state index in [1.807, 2.05) is 6.92 Å². The molecule has 3 atom stereocenters. The highest BCUT2D eigenvalue weighted by Gasteiger charge is 2.46. The van der Waals surface area contributed by atoms with Crippen LogP contribution in [0, 0.1) is 0 Å². The zero-order chi connectivity index (χ0) is 21.6. The first kappa shape index (κ1) is 20.5. The molecule has 2 N–H and O–H groups in total. The van der Waals surface area contributed by atoms with Gasteiger partial charge in [-0.1, -0.05) is 6.92 Å². The van der Waals surface area contributed by atoms with Crippen molar-refractivity contribution in [2.75, 3.05) is 25.0 Å². The van der Waals surface area contributed by atoms with E-state index < -0.39 is 42.7 Å². The summed E-state index contributed by atoms with van der Waals surface area (Å²) < 4.78 is 41.8. The number of urea groups is 1. The van der Waals surface area contributed by atoms with Crippen LogP contribution in [0.15, 0.2) is 6.07 Å². The van der Waals surface area contributed by atoms with Crippen LogP contribution in [0.4, 0.5) is 23.8 Å². The van der Waals surface area contributed by atoms with Gasteiger partial charge in [0.25, 0.3) is 5.91 Å². The molecule has 30 heavy (non-hydrogen) atoms. The zero-order valence-corrected chi connectivity index (χ0v) is 16.4. The number of carbonyl (C=O) groups is 3. The van der Waals surface area contributed by atoms with Crippen LogP contribution in [0.1, 0.15) is 50.4 Å². The molecule has 4 heterocycles. The van der Waals surface area contributed by atoms with Crippen LogP contribution in [0.3, 0.4) is 0 Å². The van der Waals surface area contributed by atoms with Crippen molar-refractivity contribution in [3.05, 3.63) is 11.8 Å². The van der Waals surface area contributed by atoms with Crippen LogP contribution in [0.5, 0.6) is 0 Å². The van der Waals surface area contributed by atoms with E-state index in [9.17, 15) is 27.6 Å². The molecule has 0 aromatic carbocycles. The number of fused-ring (bicyclic) bond motifs is 1. The number of halogens is 3. The maximum absolute atomic E-state index is 13.6. The largest absolute Gasteiger partial charge is 0.410 e. The molecule has 2 fully saturated rings. The lowest BCUT2D eigenvalue weighted by Crippen LogP contribution is -2.43. The third kappa shape index (κ3) is 3.58. The van der Waals surface area contributed by atoms with Gasteiger partial charge in [0.15, 0.2) is 6.04 Å². The van der Waals surface area contributed by atoms with Crippen molar-refractivity contribution in [2.24, 2.45) is 0 Å². The Labute approximate surface area is 170 Å². The molecule has 4 rings (SSSR count). The third-order valence-electron chi connectivity index (χ3n) is 5.93. The number of imide groups is 1. The molecule has 164 valence electrons. The highest BCUT2D eigenvalue weighted by molar-refractivity contribution is 6.04. The smallest absolute Gasteiger partial charge is 0.367 e. The Balaban J connectivity index is 1.56. The molecular weight excluding hydrogens is 405 g/mol. The average molecular weight is 428 g/mol. The van der Waals surface area contributed by atoms with Crippen LogP contribution in [-0.4, -0.2) is 69.3 Å². The number of hydrogen-bond donors (Lipinski definition) is 2. The molecule has 0 radical (unpaired) electrons. The van der Waals surface area contributed by atoms with Crippen molar-refractivity contribution in [3.8, 4) is 0 Å². The molecule has 12 heteroatoms. The molecule has 0 aliphatic carbocycles. The fourth-order valence-electron chi connectivity index (χ4n) is 4.31. The van der Waals surface area contributed by atoms with Gasteiger partial charge in [-0.25, -0.2) is 9.48 Å². The maximum Gasteiger partial charge on any atom is 0.410 e. The van der Waals surface area contributed by atoms with Gasteiger partial charge in [-0.15, -0.1) is 0 Å². The van der Waals surface area contributed by atoms with Gasteiger partial charge in [-0.2, -0.15) is 18.3 Å². The molecule has 0 bridgehead atoms. The summed E-state index contributed by atoms with van der Waals surface area (Å²) in [5, 5.41) is 9.68. The minimum atomic E-state index is -4.43. The summed E-state index contributed by atoms with van der Waals surface area (Å²) in [6.45, 7) is 1.68. The Morgan fingerprint density at radius 3 is 2.73 bits per heavy atom. The summed E-state index contributed by atoms with van der Waals surface area (Å²) >= 11 is 0. The number of alkyl halides is 3. The molecular formula is C18H23F3N6O3. The normalized spacial score (nSPS) is 26.6. The van der Waals surface area contributed by atoms with E-state index in [4.69, 9.17) is 0 Å². The van der Waals surface area contributed by atoms with E-state index in [1.165, 1.54) is 4.90 Å². The Kier molecular flexibility index (Phi) is 5.10. The van der Waals surface area contributed by atoms with E-state index in [0.29, 0.717) is 37.3 Å². The van der Waals surface area contributed by atoms with Gasteiger partial charge in [-0.3, -0.25) is 14.5 Å². The minimum absolute atomic E-state index is 0.104. The van der Waals surface area contributed by atoms with Crippen molar-refractivity contribution in [1.29, 1.82) is 0 Å². The summed E-state index contributed by atoms with van der Waals surface area (Å²) in [7, 11) is 0. The summed E-state index contributed by atoms with van der Waals surface area (Å²) in [4.78, 5) is 38.6. The number of anilines is 1. The number of amides is 4. The van der Waals surface area contributed by atoms with Gasteiger partial charge < -0.3 is 15.5 Å². The first-order chi connectivity index (χ1) is 14.2. The van der Waals surface area contributed by atoms with Crippen LogP contribution in [0.2, 0.25) is 0 Å². The molecule has 2 saturated heterocycles.